The standard InChI is InChI=1S/C21H26NO5P/c1-21(2,3)27-20(24)22-18(19(23)25-4)15-26-28(16-11-7-5-8-12-16)17-13-9-6-10-14-17/h5-14,18H,15H2,1-4H3,(H,22,24)/t18-/m0/s1. The summed E-state index contributed by atoms with van der Waals surface area (Å²) in [6.07, 6.45) is -0.699. The van der Waals surface area contributed by atoms with E-state index in [1.165, 1.54) is 7.11 Å². The number of methoxy groups -OCH3 is 1. The van der Waals surface area contributed by atoms with Crippen LogP contribution in [0.3, 0.4) is 0 Å². The third-order valence-corrected chi connectivity index (χ3v) is 5.47. The summed E-state index contributed by atoms with van der Waals surface area (Å²) >= 11 is 0. The molecule has 2 rings (SSSR count). The van der Waals surface area contributed by atoms with E-state index in [1.54, 1.807) is 20.8 Å². The van der Waals surface area contributed by atoms with Gasteiger partial charge in [0.25, 0.3) is 0 Å². The number of carbonyl (C=O) groups excluding carboxylic acids is 2. The highest BCUT2D eigenvalue weighted by molar-refractivity contribution is 7.68. The fraction of sp³-hybridized carbons (Fsp3) is 0.333. The normalized spacial score (nSPS) is 12.3. The molecule has 0 aliphatic heterocycles. The molecule has 150 valence electrons. The molecular formula is C21H26NO5P. The van der Waals surface area contributed by atoms with Crippen LogP contribution in [0.25, 0.3) is 0 Å². The lowest BCUT2D eigenvalue weighted by molar-refractivity contribution is -0.143. The lowest BCUT2D eigenvalue weighted by Crippen LogP contribution is -2.46. The molecule has 0 radical (unpaired) electrons. The molecule has 28 heavy (non-hydrogen) atoms. The smallest absolute Gasteiger partial charge is 0.408 e. The van der Waals surface area contributed by atoms with Crippen molar-refractivity contribution in [2.75, 3.05) is 13.7 Å². The molecule has 1 amide bonds. The molecule has 2 aromatic rings. The molecule has 0 aliphatic rings. The number of nitrogens with one attached hydrogen (secondary N) is 1. The highest BCUT2D eigenvalue weighted by atomic mass is 31.1. The zero-order valence-corrected chi connectivity index (χ0v) is 17.4. The Labute approximate surface area is 167 Å². The SMILES string of the molecule is COC(=O)[C@H](COP(c1ccccc1)c1ccccc1)NC(=O)OC(C)(C)C. The first kappa shape index (κ1) is 21.9. The summed E-state index contributed by atoms with van der Waals surface area (Å²) < 4.78 is 16.2. The average Bonchev–Trinajstić information content (AvgIpc) is 2.67. The van der Waals surface area contributed by atoms with E-state index in [9.17, 15) is 9.59 Å². The van der Waals surface area contributed by atoms with Gasteiger partial charge in [0.1, 0.15) is 5.60 Å². The van der Waals surface area contributed by atoms with Crippen LogP contribution in [-0.4, -0.2) is 37.4 Å². The van der Waals surface area contributed by atoms with E-state index in [-0.39, 0.29) is 6.61 Å². The molecule has 0 unspecified atom stereocenters. The number of rotatable bonds is 7. The summed E-state index contributed by atoms with van der Waals surface area (Å²) in [4.78, 5) is 24.2. The van der Waals surface area contributed by atoms with Gasteiger partial charge in [0.15, 0.2) is 6.04 Å². The van der Waals surface area contributed by atoms with E-state index in [0.717, 1.165) is 10.6 Å². The van der Waals surface area contributed by atoms with E-state index in [2.05, 4.69) is 5.32 Å². The van der Waals surface area contributed by atoms with Crippen LogP contribution >= 0.6 is 8.15 Å². The van der Waals surface area contributed by atoms with Crippen molar-refractivity contribution in [1.82, 2.24) is 5.32 Å². The minimum absolute atomic E-state index is 0.0403. The van der Waals surface area contributed by atoms with Gasteiger partial charge in [-0.25, -0.2) is 9.59 Å². The Morgan fingerprint density at radius 1 is 0.964 bits per heavy atom. The number of alkyl carbamates (subject to hydrolysis) is 1. The Morgan fingerprint density at radius 2 is 1.46 bits per heavy atom. The van der Waals surface area contributed by atoms with Gasteiger partial charge in [0.2, 0.25) is 0 Å². The molecule has 0 bridgehead atoms. The zero-order valence-electron chi connectivity index (χ0n) is 16.5. The second-order valence-corrected chi connectivity index (χ2v) is 8.86. The first-order valence-electron chi connectivity index (χ1n) is 8.90. The number of amides is 1. The number of benzene rings is 2. The predicted molar refractivity (Wildman–Crippen MR) is 110 cm³/mol. The van der Waals surface area contributed by atoms with Gasteiger partial charge >= 0.3 is 12.1 Å². The molecule has 7 heteroatoms. The molecule has 0 aliphatic carbocycles. The van der Waals surface area contributed by atoms with Crippen LogP contribution in [0.1, 0.15) is 20.8 Å². The molecule has 0 saturated carbocycles. The second-order valence-electron chi connectivity index (χ2n) is 6.98. The Morgan fingerprint density at radius 3 is 1.89 bits per heavy atom. The van der Waals surface area contributed by atoms with Crippen molar-refractivity contribution in [3.8, 4) is 0 Å². The van der Waals surface area contributed by atoms with Crippen molar-refractivity contribution in [3.05, 3.63) is 60.7 Å². The Bertz CT molecular complexity index is 722. The molecule has 1 N–H and O–H groups in total. The Kier molecular flexibility index (Phi) is 7.97. The lowest BCUT2D eigenvalue weighted by Gasteiger charge is -2.24. The fourth-order valence-electron chi connectivity index (χ4n) is 2.33. The van der Waals surface area contributed by atoms with Crippen LogP contribution in [0.2, 0.25) is 0 Å². The van der Waals surface area contributed by atoms with Crippen molar-refractivity contribution in [3.63, 3.8) is 0 Å². The molecule has 6 nitrogen and oxygen atoms in total. The lowest BCUT2D eigenvalue weighted by atomic mass is 10.2. The maximum atomic E-state index is 12.1. The molecule has 2 aromatic carbocycles. The minimum atomic E-state index is -1.16. The third-order valence-electron chi connectivity index (χ3n) is 3.53. The zero-order chi connectivity index (χ0) is 20.6. The third kappa shape index (κ3) is 6.95. The molecule has 0 saturated heterocycles. The molecule has 0 heterocycles. The molecular weight excluding hydrogens is 377 g/mol. The van der Waals surface area contributed by atoms with E-state index >= 15 is 0 Å². The van der Waals surface area contributed by atoms with Crippen LogP contribution in [-0.2, 0) is 18.8 Å². The number of carbonyl (C=O) groups is 2. The molecule has 0 aromatic heterocycles. The summed E-state index contributed by atoms with van der Waals surface area (Å²) in [5.41, 5.74) is -0.674. The van der Waals surface area contributed by atoms with Gasteiger partial charge in [-0.3, -0.25) is 0 Å². The first-order valence-corrected chi connectivity index (χ1v) is 10.2. The number of hydrogen-bond acceptors (Lipinski definition) is 5. The summed E-state index contributed by atoms with van der Waals surface area (Å²) in [5, 5.41) is 4.54. The van der Waals surface area contributed by atoms with Crippen LogP contribution in [0, 0.1) is 0 Å². The summed E-state index contributed by atoms with van der Waals surface area (Å²) in [7, 11) is 0.102. The van der Waals surface area contributed by atoms with E-state index < -0.39 is 31.9 Å². The summed E-state index contributed by atoms with van der Waals surface area (Å²) in [6, 6.07) is 18.6. The van der Waals surface area contributed by atoms with Crippen molar-refractivity contribution >= 4 is 30.8 Å². The maximum absolute atomic E-state index is 12.1. The Balaban J connectivity index is 2.15. The maximum Gasteiger partial charge on any atom is 0.408 e. The van der Waals surface area contributed by atoms with Crippen molar-refractivity contribution in [1.29, 1.82) is 0 Å². The van der Waals surface area contributed by atoms with Gasteiger partial charge in [0, 0.05) is 10.6 Å². The monoisotopic (exact) mass is 403 g/mol. The van der Waals surface area contributed by atoms with Crippen molar-refractivity contribution in [2.24, 2.45) is 0 Å². The quantitative estimate of drug-likeness (QED) is 0.568. The fourth-order valence-corrected chi connectivity index (χ4v) is 4.11. The van der Waals surface area contributed by atoms with Gasteiger partial charge in [-0.1, -0.05) is 60.7 Å². The highest BCUT2D eigenvalue weighted by Gasteiger charge is 2.27. The van der Waals surface area contributed by atoms with Crippen LogP contribution in [0.5, 0.6) is 0 Å². The van der Waals surface area contributed by atoms with Gasteiger partial charge < -0.3 is 19.3 Å². The Hall–Kier alpha value is -2.43. The second kappa shape index (κ2) is 10.2. The van der Waals surface area contributed by atoms with E-state index in [0.29, 0.717) is 0 Å². The van der Waals surface area contributed by atoms with E-state index in [4.69, 9.17) is 14.0 Å². The van der Waals surface area contributed by atoms with E-state index in [1.807, 2.05) is 60.7 Å². The average molecular weight is 403 g/mol. The van der Waals surface area contributed by atoms with Crippen LogP contribution in [0.15, 0.2) is 60.7 Å². The number of esters is 1. The topological polar surface area (TPSA) is 73.9 Å². The van der Waals surface area contributed by atoms with Crippen molar-refractivity contribution in [2.45, 2.75) is 32.4 Å². The number of hydrogen-bond donors (Lipinski definition) is 1. The largest absolute Gasteiger partial charge is 0.467 e. The molecule has 0 fully saturated rings. The van der Waals surface area contributed by atoms with Gasteiger partial charge in [-0.05, 0) is 20.8 Å². The highest BCUT2D eigenvalue weighted by Crippen LogP contribution is 2.34. The van der Waals surface area contributed by atoms with Gasteiger partial charge in [-0.15, -0.1) is 0 Å². The molecule has 1 atom stereocenters. The van der Waals surface area contributed by atoms with Crippen LogP contribution < -0.4 is 15.9 Å². The first-order chi connectivity index (χ1) is 13.3. The minimum Gasteiger partial charge on any atom is -0.467 e. The van der Waals surface area contributed by atoms with Crippen LogP contribution in [0.4, 0.5) is 4.79 Å². The number of ether oxygens (including phenoxy) is 2. The molecule has 0 spiro atoms. The predicted octanol–water partition coefficient (Wildman–Crippen LogP) is 3.12. The van der Waals surface area contributed by atoms with Gasteiger partial charge in [-0.2, -0.15) is 0 Å². The van der Waals surface area contributed by atoms with Gasteiger partial charge in [0.05, 0.1) is 21.9 Å². The summed E-state index contributed by atoms with van der Waals surface area (Å²) in [6.45, 7) is 5.21. The summed E-state index contributed by atoms with van der Waals surface area (Å²) in [5.74, 6) is -0.595. The van der Waals surface area contributed by atoms with Crippen molar-refractivity contribution < 1.29 is 23.6 Å².